The third kappa shape index (κ3) is 4.52. The monoisotopic (exact) mass is 362 g/mol. The molecular formula is C20H18N4O3. The van der Waals surface area contributed by atoms with E-state index in [0.717, 1.165) is 11.3 Å². The van der Waals surface area contributed by atoms with Crippen molar-refractivity contribution in [3.05, 3.63) is 65.7 Å². The summed E-state index contributed by atoms with van der Waals surface area (Å²) in [7, 11) is 0. The molecule has 1 aliphatic heterocycles. The number of carbonyl (C=O) groups excluding carboxylic acids is 3. The molecule has 0 fully saturated rings. The molecule has 2 aromatic rings. The first-order valence-corrected chi connectivity index (χ1v) is 8.45. The predicted octanol–water partition coefficient (Wildman–Crippen LogP) is 2.54. The molecule has 0 spiro atoms. The number of Topliss-reactive ketones (excluding diaryl/α,β-unsaturated/α-hetero) is 2. The topological polar surface area (TPSA) is 100.0 Å². The maximum absolute atomic E-state index is 12.5. The number of carbonyl (C=O) groups is 3. The molecule has 0 bridgehead atoms. The van der Waals surface area contributed by atoms with Gasteiger partial charge in [-0.25, -0.2) is 5.43 Å². The van der Waals surface area contributed by atoms with Crippen molar-refractivity contribution in [1.29, 1.82) is 0 Å². The maximum Gasteiger partial charge on any atom is 0.240 e. The van der Waals surface area contributed by atoms with E-state index in [2.05, 4.69) is 21.1 Å². The Hall–Kier alpha value is -3.61. The van der Waals surface area contributed by atoms with Crippen molar-refractivity contribution in [1.82, 2.24) is 5.43 Å². The van der Waals surface area contributed by atoms with Crippen LogP contribution in [0, 0.1) is 0 Å². The Labute approximate surface area is 156 Å². The normalized spacial score (nSPS) is 14.2. The van der Waals surface area contributed by atoms with Crippen LogP contribution in [0.2, 0.25) is 0 Å². The van der Waals surface area contributed by atoms with Crippen LogP contribution >= 0.6 is 0 Å². The Kier molecular flexibility index (Phi) is 5.51. The zero-order valence-electron chi connectivity index (χ0n) is 14.7. The highest BCUT2D eigenvalue weighted by Crippen LogP contribution is 2.14. The molecule has 136 valence electrons. The molecule has 1 heterocycles. The van der Waals surface area contributed by atoms with Crippen LogP contribution in [0.15, 0.2) is 64.8 Å². The van der Waals surface area contributed by atoms with E-state index in [1.807, 2.05) is 12.1 Å². The van der Waals surface area contributed by atoms with Gasteiger partial charge in [-0.1, -0.05) is 42.5 Å². The molecule has 0 unspecified atom stereocenters. The number of nitrogens with one attached hydrogen (secondary N) is 2. The maximum atomic E-state index is 12.5. The molecule has 0 aliphatic carbocycles. The van der Waals surface area contributed by atoms with Crippen molar-refractivity contribution >= 4 is 34.6 Å². The fraction of sp³-hybridized carbons (Fsp3) is 0.150. The predicted molar refractivity (Wildman–Crippen MR) is 103 cm³/mol. The molecule has 1 amide bonds. The number of benzene rings is 2. The van der Waals surface area contributed by atoms with Gasteiger partial charge in [-0.05, 0) is 17.7 Å². The summed E-state index contributed by atoms with van der Waals surface area (Å²) in [4.78, 5) is 35.4. The molecule has 7 nitrogen and oxygen atoms in total. The van der Waals surface area contributed by atoms with E-state index >= 15 is 0 Å². The molecule has 2 N–H and O–H groups in total. The van der Waals surface area contributed by atoms with E-state index in [-0.39, 0.29) is 11.6 Å². The molecule has 0 atom stereocenters. The number of ketones is 2. The van der Waals surface area contributed by atoms with Gasteiger partial charge >= 0.3 is 0 Å². The van der Waals surface area contributed by atoms with Gasteiger partial charge in [0.15, 0.2) is 11.5 Å². The quantitative estimate of drug-likeness (QED) is 0.357. The summed E-state index contributed by atoms with van der Waals surface area (Å²) in [5, 5.41) is 8.05. The van der Waals surface area contributed by atoms with Crippen LogP contribution in [0.1, 0.15) is 35.7 Å². The Balaban J connectivity index is 1.74. The van der Waals surface area contributed by atoms with Crippen molar-refractivity contribution in [3.63, 3.8) is 0 Å². The lowest BCUT2D eigenvalue weighted by molar-refractivity contribution is -0.121. The van der Waals surface area contributed by atoms with E-state index in [1.165, 1.54) is 6.92 Å². The molecule has 2 aromatic carbocycles. The number of rotatable bonds is 6. The number of hydrazone groups is 2. The number of hydrogen-bond acceptors (Lipinski definition) is 6. The van der Waals surface area contributed by atoms with Crippen LogP contribution in [0.5, 0.6) is 0 Å². The largest absolute Gasteiger partial charge is 0.293 e. The number of amides is 1. The van der Waals surface area contributed by atoms with E-state index in [1.54, 1.807) is 42.5 Å². The molecular weight excluding hydrogens is 344 g/mol. The average molecular weight is 362 g/mol. The zero-order chi connectivity index (χ0) is 19.2. The SMILES string of the molecule is CC(=O)/C(=N/Nc1ccc(C2=NNC(=O)CC2)cc1)C(=O)c1ccccc1. The minimum atomic E-state index is -0.431. The second-order valence-electron chi connectivity index (χ2n) is 5.99. The van der Waals surface area contributed by atoms with Crippen molar-refractivity contribution in [2.75, 3.05) is 5.43 Å². The van der Waals surface area contributed by atoms with Gasteiger partial charge in [-0.15, -0.1) is 0 Å². The fourth-order valence-corrected chi connectivity index (χ4v) is 2.56. The van der Waals surface area contributed by atoms with Gasteiger partial charge in [0, 0.05) is 25.3 Å². The van der Waals surface area contributed by atoms with E-state index in [0.29, 0.717) is 24.1 Å². The minimum Gasteiger partial charge on any atom is -0.293 e. The summed E-state index contributed by atoms with van der Waals surface area (Å²) < 4.78 is 0. The van der Waals surface area contributed by atoms with Crippen molar-refractivity contribution in [3.8, 4) is 0 Å². The van der Waals surface area contributed by atoms with Crippen LogP contribution in [-0.4, -0.2) is 28.9 Å². The summed E-state index contributed by atoms with van der Waals surface area (Å²) in [5.74, 6) is -0.939. The number of hydrogen-bond donors (Lipinski definition) is 2. The summed E-state index contributed by atoms with van der Waals surface area (Å²) in [6.07, 6.45) is 0.990. The highest BCUT2D eigenvalue weighted by atomic mass is 16.2. The third-order valence-electron chi connectivity index (χ3n) is 4.00. The lowest BCUT2D eigenvalue weighted by atomic mass is 10.0. The molecule has 3 rings (SSSR count). The molecule has 0 aromatic heterocycles. The number of nitrogens with zero attached hydrogens (tertiary/aromatic N) is 2. The van der Waals surface area contributed by atoms with Gasteiger partial charge in [0.25, 0.3) is 0 Å². The zero-order valence-corrected chi connectivity index (χ0v) is 14.7. The van der Waals surface area contributed by atoms with Crippen LogP contribution < -0.4 is 10.9 Å². The van der Waals surface area contributed by atoms with E-state index in [4.69, 9.17) is 0 Å². The second-order valence-corrected chi connectivity index (χ2v) is 5.99. The van der Waals surface area contributed by atoms with Gasteiger partial charge in [0.2, 0.25) is 11.7 Å². The minimum absolute atomic E-state index is 0.0915. The van der Waals surface area contributed by atoms with Crippen LogP contribution in [0.4, 0.5) is 5.69 Å². The fourth-order valence-electron chi connectivity index (χ4n) is 2.56. The molecule has 0 saturated heterocycles. The van der Waals surface area contributed by atoms with Crippen molar-refractivity contribution in [2.24, 2.45) is 10.2 Å². The lowest BCUT2D eigenvalue weighted by Crippen LogP contribution is -2.25. The smallest absolute Gasteiger partial charge is 0.240 e. The Morgan fingerprint density at radius 1 is 1.04 bits per heavy atom. The number of anilines is 1. The molecule has 0 radical (unpaired) electrons. The molecule has 1 aliphatic rings. The Morgan fingerprint density at radius 2 is 1.74 bits per heavy atom. The summed E-state index contributed by atoms with van der Waals surface area (Å²) in [5.41, 5.74) is 7.76. The van der Waals surface area contributed by atoms with Crippen LogP contribution in [-0.2, 0) is 9.59 Å². The standard InChI is InChI=1S/C20H18N4O3/c1-13(25)19(20(27)15-5-3-2-4-6-15)24-21-16-9-7-14(8-10-16)17-11-12-18(26)23-22-17/h2-10,21H,11-12H2,1H3,(H,23,26)/b24-19-. The summed E-state index contributed by atoms with van der Waals surface area (Å²) >= 11 is 0. The van der Waals surface area contributed by atoms with Crippen LogP contribution in [0.25, 0.3) is 0 Å². The van der Waals surface area contributed by atoms with Gasteiger partial charge in [0.05, 0.1) is 11.4 Å². The van der Waals surface area contributed by atoms with Gasteiger partial charge in [-0.2, -0.15) is 10.2 Å². The van der Waals surface area contributed by atoms with Crippen molar-refractivity contribution in [2.45, 2.75) is 19.8 Å². The first-order valence-electron chi connectivity index (χ1n) is 8.45. The average Bonchev–Trinajstić information content (AvgIpc) is 2.69. The molecule has 27 heavy (non-hydrogen) atoms. The van der Waals surface area contributed by atoms with Gasteiger partial charge in [0.1, 0.15) is 0 Å². The third-order valence-corrected chi connectivity index (χ3v) is 4.00. The Morgan fingerprint density at radius 3 is 2.33 bits per heavy atom. The summed E-state index contributed by atoms with van der Waals surface area (Å²) in [6.45, 7) is 1.31. The van der Waals surface area contributed by atoms with E-state index in [9.17, 15) is 14.4 Å². The first-order chi connectivity index (χ1) is 13.0. The highest BCUT2D eigenvalue weighted by molar-refractivity contribution is 6.68. The molecule has 0 saturated carbocycles. The van der Waals surface area contributed by atoms with Crippen molar-refractivity contribution < 1.29 is 14.4 Å². The van der Waals surface area contributed by atoms with E-state index < -0.39 is 11.6 Å². The van der Waals surface area contributed by atoms with Crippen LogP contribution in [0.3, 0.4) is 0 Å². The highest BCUT2D eigenvalue weighted by Gasteiger charge is 2.18. The second kappa shape index (κ2) is 8.18. The van der Waals surface area contributed by atoms with Gasteiger partial charge < -0.3 is 0 Å². The summed E-state index contributed by atoms with van der Waals surface area (Å²) in [6, 6.07) is 15.7. The Bertz CT molecular complexity index is 931. The van der Waals surface area contributed by atoms with Gasteiger partial charge in [-0.3, -0.25) is 19.8 Å². The molecule has 7 heteroatoms. The first kappa shape index (κ1) is 18.2. The lowest BCUT2D eigenvalue weighted by Gasteiger charge is -2.12.